The Kier molecular flexibility index (Phi) is 4.42. The van der Waals surface area contributed by atoms with Crippen molar-refractivity contribution >= 4 is 55.1 Å². The lowest BCUT2D eigenvalue weighted by Crippen LogP contribution is -2.14. The summed E-state index contributed by atoms with van der Waals surface area (Å²) in [5.74, 6) is -0.0412. The summed E-state index contributed by atoms with van der Waals surface area (Å²) in [6, 6.07) is 20.3. The fraction of sp³-hybridized carbons (Fsp3) is 0.100. The molecular formula is C20H16N2OS2. The number of fused-ring (bicyclic) bond motifs is 2. The largest absolute Gasteiger partial charge is 0.302 e. The summed E-state index contributed by atoms with van der Waals surface area (Å²) in [5.41, 5.74) is 1.95. The lowest BCUT2D eigenvalue weighted by Gasteiger charge is -2.06. The minimum absolute atomic E-state index is 0.0412. The number of thioether (sulfide) groups is 1. The van der Waals surface area contributed by atoms with E-state index in [9.17, 15) is 4.79 Å². The van der Waals surface area contributed by atoms with Crippen molar-refractivity contribution in [2.45, 2.75) is 11.3 Å². The van der Waals surface area contributed by atoms with Gasteiger partial charge in [-0.05, 0) is 40.8 Å². The smallest absolute Gasteiger partial charge is 0.230 e. The van der Waals surface area contributed by atoms with Gasteiger partial charge in [-0.1, -0.05) is 53.8 Å². The second kappa shape index (κ2) is 6.86. The SMILES string of the molecule is CSc1ccc2nc(NC(=O)Cc3cccc4ccccc34)sc2c1. The quantitative estimate of drug-likeness (QED) is 0.496. The van der Waals surface area contributed by atoms with Gasteiger partial charge < -0.3 is 5.32 Å². The molecule has 0 bridgehead atoms. The summed E-state index contributed by atoms with van der Waals surface area (Å²) in [4.78, 5) is 18.2. The molecule has 1 N–H and O–H groups in total. The third-order valence-electron chi connectivity index (χ3n) is 4.07. The van der Waals surface area contributed by atoms with Crippen LogP contribution in [0.2, 0.25) is 0 Å². The van der Waals surface area contributed by atoms with Gasteiger partial charge in [0.2, 0.25) is 5.91 Å². The summed E-state index contributed by atoms with van der Waals surface area (Å²) in [6.45, 7) is 0. The maximum absolute atomic E-state index is 12.5. The molecule has 0 saturated heterocycles. The zero-order chi connectivity index (χ0) is 17.2. The summed E-state index contributed by atoms with van der Waals surface area (Å²) in [6.07, 6.45) is 2.39. The first-order valence-electron chi connectivity index (χ1n) is 7.94. The van der Waals surface area contributed by atoms with Gasteiger partial charge in [0.15, 0.2) is 5.13 Å². The maximum Gasteiger partial charge on any atom is 0.230 e. The van der Waals surface area contributed by atoms with Crippen LogP contribution in [-0.2, 0) is 11.2 Å². The van der Waals surface area contributed by atoms with E-state index in [0.29, 0.717) is 11.6 Å². The third kappa shape index (κ3) is 3.38. The molecule has 1 aromatic heterocycles. The molecule has 1 heterocycles. The van der Waals surface area contributed by atoms with Crippen LogP contribution in [-0.4, -0.2) is 17.1 Å². The number of amides is 1. The van der Waals surface area contributed by atoms with Crippen molar-refractivity contribution in [1.29, 1.82) is 0 Å². The van der Waals surface area contributed by atoms with Gasteiger partial charge in [0.05, 0.1) is 16.6 Å². The van der Waals surface area contributed by atoms with Crippen LogP contribution in [0, 0.1) is 0 Å². The van der Waals surface area contributed by atoms with Crippen molar-refractivity contribution in [2.24, 2.45) is 0 Å². The Balaban J connectivity index is 1.55. The molecule has 4 rings (SSSR count). The number of carbonyl (C=O) groups is 1. The lowest BCUT2D eigenvalue weighted by atomic mass is 10.0. The molecule has 0 aliphatic heterocycles. The zero-order valence-corrected chi connectivity index (χ0v) is 15.3. The highest BCUT2D eigenvalue weighted by atomic mass is 32.2. The van der Waals surface area contributed by atoms with Crippen molar-refractivity contribution in [2.75, 3.05) is 11.6 Å². The second-order valence-corrected chi connectivity index (χ2v) is 7.63. The van der Waals surface area contributed by atoms with Gasteiger partial charge >= 0.3 is 0 Å². The predicted molar refractivity (Wildman–Crippen MR) is 108 cm³/mol. The normalized spacial score (nSPS) is 11.1. The number of anilines is 1. The Morgan fingerprint density at radius 3 is 2.84 bits per heavy atom. The molecule has 0 atom stereocenters. The van der Waals surface area contributed by atoms with Crippen LogP contribution in [0.3, 0.4) is 0 Å². The summed E-state index contributed by atoms with van der Waals surface area (Å²) < 4.78 is 1.09. The molecule has 0 fully saturated rings. The number of hydrogen-bond acceptors (Lipinski definition) is 4. The highest BCUT2D eigenvalue weighted by molar-refractivity contribution is 7.98. The number of nitrogens with zero attached hydrogens (tertiary/aromatic N) is 1. The molecule has 1 amide bonds. The Morgan fingerprint density at radius 2 is 1.96 bits per heavy atom. The fourth-order valence-electron chi connectivity index (χ4n) is 2.87. The Labute approximate surface area is 154 Å². The Hall–Kier alpha value is -2.37. The molecule has 0 spiro atoms. The van der Waals surface area contributed by atoms with Crippen molar-refractivity contribution in [1.82, 2.24) is 4.98 Å². The second-order valence-electron chi connectivity index (χ2n) is 5.72. The van der Waals surface area contributed by atoms with Crippen LogP contribution in [0.5, 0.6) is 0 Å². The first-order valence-corrected chi connectivity index (χ1v) is 9.98. The molecule has 124 valence electrons. The monoisotopic (exact) mass is 364 g/mol. The first kappa shape index (κ1) is 16.1. The molecule has 0 aliphatic rings. The minimum Gasteiger partial charge on any atom is -0.302 e. The molecule has 3 aromatic carbocycles. The number of thiazole rings is 1. The molecule has 5 heteroatoms. The van der Waals surface area contributed by atoms with E-state index in [1.165, 1.54) is 16.2 Å². The Morgan fingerprint density at radius 1 is 1.12 bits per heavy atom. The number of rotatable bonds is 4. The third-order valence-corrected chi connectivity index (χ3v) is 5.73. The molecule has 0 aliphatic carbocycles. The van der Waals surface area contributed by atoms with Gasteiger partial charge in [-0.15, -0.1) is 11.8 Å². The highest BCUT2D eigenvalue weighted by Gasteiger charge is 2.10. The zero-order valence-electron chi connectivity index (χ0n) is 13.7. The minimum atomic E-state index is -0.0412. The van der Waals surface area contributed by atoms with E-state index in [2.05, 4.69) is 46.9 Å². The van der Waals surface area contributed by atoms with Crippen molar-refractivity contribution in [3.05, 3.63) is 66.2 Å². The lowest BCUT2D eigenvalue weighted by molar-refractivity contribution is -0.115. The topological polar surface area (TPSA) is 42.0 Å². The van der Waals surface area contributed by atoms with E-state index in [1.54, 1.807) is 11.8 Å². The molecule has 0 unspecified atom stereocenters. The molecule has 3 nitrogen and oxygen atoms in total. The van der Waals surface area contributed by atoms with E-state index in [1.807, 2.05) is 30.3 Å². The number of hydrogen-bond donors (Lipinski definition) is 1. The number of carbonyl (C=O) groups excluding carboxylic acids is 1. The van der Waals surface area contributed by atoms with E-state index in [-0.39, 0.29) is 5.91 Å². The Bertz CT molecular complexity index is 1070. The number of aromatic nitrogens is 1. The average Bonchev–Trinajstić information content (AvgIpc) is 3.03. The highest BCUT2D eigenvalue weighted by Crippen LogP contribution is 2.29. The van der Waals surface area contributed by atoms with Crippen LogP contribution in [0.4, 0.5) is 5.13 Å². The van der Waals surface area contributed by atoms with E-state index in [4.69, 9.17) is 0 Å². The van der Waals surface area contributed by atoms with E-state index in [0.717, 1.165) is 26.6 Å². The maximum atomic E-state index is 12.5. The van der Waals surface area contributed by atoms with Crippen LogP contribution in [0.15, 0.2) is 65.6 Å². The average molecular weight is 364 g/mol. The van der Waals surface area contributed by atoms with E-state index < -0.39 is 0 Å². The first-order chi connectivity index (χ1) is 12.2. The van der Waals surface area contributed by atoms with Gasteiger partial charge in [0.1, 0.15) is 0 Å². The van der Waals surface area contributed by atoms with Crippen LogP contribution < -0.4 is 5.32 Å². The summed E-state index contributed by atoms with van der Waals surface area (Å²) in [5, 5.41) is 5.86. The van der Waals surface area contributed by atoms with Crippen molar-refractivity contribution in [3.63, 3.8) is 0 Å². The van der Waals surface area contributed by atoms with Crippen molar-refractivity contribution in [3.8, 4) is 0 Å². The molecular weight excluding hydrogens is 348 g/mol. The van der Waals surface area contributed by atoms with Crippen LogP contribution >= 0.6 is 23.1 Å². The summed E-state index contributed by atoms with van der Waals surface area (Å²) >= 11 is 3.21. The van der Waals surface area contributed by atoms with Gasteiger partial charge in [-0.3, -0.25) is 4.79 Å². The molecule has 25 heavy (non-hydrogen) atoms. The predicted octanol–water partition coefficient (Wildman–Crippen LogP) is 5.35. The van der Waals surface area contributed by atoms with Gasteiger partial charge in [-0.2, -0.15) is 0 Å². The van der Waals surface area contributed by atoms with Crippen LogP contribution in [0.1, 0.15) is 5.56 Å². The van der Waals surface area contributed by atoms with Crippen LogP contribution in [0.25, 0.3) is 21.0 Å². The molecule has 0 radical (unpaired) electrons. The number of benzene rings is 3. The van der Waals surface area contributed by atoms with Gasteiger partial charge in [0, 0.05) is 4.90 Å². The van der Waals surface area contributed by atoms with Gasteiger partial charge in [-0.25, -0.2) is 4.98 Å². The fourth-order valence-corrected chi connectivity index (χ4v) is 4.30. The number of nitrogens with one attached hydrogen (secondary N) is 1. The standard InChI is InChI=1S/C20H16N2OS2/c1-24-15-9-10-17-18(12-15)25-20(21-17)22-19(23)11-14-7-4-6-13-5-2-3-8-16(13)14/h2-10,12H,11H2,1H3,(H,21,22,23). The molecule has 4 aromatic rings. The summed E-state index contributed by atoms with van der Waals surface area (Å²) in [7, 11) is 0. The van der Waals surface area contributed by atoms with Gasteiger partial charge in [0.25, 0.3) is 0 Å². The van der Waals surface area contributed by atoms with E-state index >= 15 is 0 Å². The van der Waals surface area contributed by atoms with Crippen molar-refractivity contribution < 1.29 is 4.79 Å². The molecule has 0 saturated carbocycles.